The molecule has 1 aliphatic heterocycles. The largest absolute Gasteiger partial charge is 0.455 e. The molecule has 2 aromatic rings. The van der Waals surface area contributed by atoms with Gasteiger partial charge in [0.25, 0.3) is 5.91 Å². The van der Waals surface area contributed by atoms with E-state index in [9.17, 15) is 18.0 Å². The molecular weight excluding hydrogens is 442 g/mol. The van der Waals surface area contributed by atoms with Gasteiger partial charge in [0.15, 0.2) is 6.61 Å². The molecule has 0 unspecified atom stereocenters. The number of piperidine rings is 1. The number of nitrogens with zero attached hydrogens (tertiary/aromatic N) is 2. The van der Waals surface area contributed by atoms with Crippen LogP contribution in [0.2, 0.25) is 5.02 Å². The number of benzene rings is 1. The van der Waals surface area contributed by atoms with Crippen molar-refractivity contribution in [3.8, 4) is 0 Å². The van der Waals surface area contributed by atoms with Gasteiger partial charge in [-0.15, -0.1) is 0 Å². The van der Waals surface area contributed by atoms with Crippen LogP contribution in [0.25, 0.3) is 0 Å². The first-order valence-corrected chi connectivity index (χ1v) is 11.8. The molecule has 2 heterocycles. The molecule has 1 fully saturated rings. The topological polar surface area (TPSA) is 106 Å². The molecule has 1 N–H and O–H groups in total. The van der Waals surface area contributed by atoms with Gasteiger partial charge in [0.2, 0.25) is 10.0 Å². The summed E-state index contributed by atoms with van der Waals surface area (Å²) >= 11 is 5.84. The van der Waals surface area contributed by atoms with Crippen LogP contribution in [0.15, 0.2) is 53.7 Å². The van der Waals surface area contributed by atoms with Crippen molar-refractivity contribution < 1.29 is 22.7 Å². The molecule has 0 aliphatic carbocycles. The maximum Gasteiger partial charge on any atom is 0.309 e. The van der Waals surface area contributed by atoms with E-state index in [0.717, 1.165) is 5.56 Å². The van der Waals surface area contributed by atoms with Gasteiger partial charge in [-0.05, 0) is 49.1 Å². The van der Waals surface area contributed by atoms with Crippen LogP contribution >= 0.6 is 11.6 Å². The number of carbonyl (C=O) groups is 2. The first-order chi connectivity index (χ1) is 14.9. The van der Waals surface area contributed by atoms with Crippen LogP contribution in [0.5, 0.6) is 0 Å². The van der Waals surface area contributed by atoms with Crippen molar-refractivity contribution in [1.82, 2.24) is 14.6 Å². The minimum atomic E-state index is -3.63. The molecule has 1 amide bonds. The van der Waals surface area contributed by atoms with Crippen LogP contribution in [-0.2, 0) is 30.8 Å². The molecule has 0 atom stereocenters. The maximum atomic E-state index is 12.6. The molecule has 3 rings (SSSR count). The molecule has 0 saturated carbocycles. The molecule has 31 heavy (non-hydrogen) atoms. The Morgan fingerprint density at radius 1 is 1.16 bits per heavy atom. The minimum absolute atomic E-state index is 0.131. The smallest absolute Gasteiger partial charge is 0.309 e. The van der Waals surface area contributed by atoms with Crippen LogP contribution in [-0.4, -0.2) is 55.8 Å². The Morgan fingerprint density at radius 3 is 2.52 bits per heavy atom. The van der Waals surface area contributed by atoms with Crippen molar-refractivity contribution in [3.63, 3.8) is 0 Å². The number of halogens is 1. The van der Waals surface area contributed by atoms with Gasteiger partial charge >= 0.3 is 5.97 Å². The average Bonchev–Trinajstić information content (AvgIpc) is 2.79. The second kappa shape index (κ2) is 10.7. The second-order valence-electron chi connectivity index (χ2n) is 7.20. The van der Waals surface area contributed by atoms with Crippen molar-refractivity contribution in [1.29, 1.82) is 0 Å². The van der Waals surface area contributed by atoms with E-state index in [1.54, 1.807) is 18.2 Å². The summed E-state index contributed by atoms with van der Waals surface area (Å²) in [6.45, 7) is 0.491. The Hall–Kier alpha value is -2.49. The van der Waals surface area contributed by atoms with Gasteiger partial charge in [0, 0.05) is 37.1 Å². The monoisotopic (exact) mass is 465 g/mol. The Morgan fingerprint density at radius 2 is 1.87 bits per heavy atom. The zero-order valence-corrected chi connectivity index (χ0v) is 18.4. The van der Waals surface area contributed by atoms with Gasteiger partial charge in [-0.1, -0.05) is 23.7 Å². The number of aromatic nitrogens is 1. The number of carbonyl (C=O) groups excluding carboxylic acids is 2. The molecule has 0 bridgehead atoms. The first-order valence-electron chi connectivity index (χ1n) is 9.94. The first kappa shape index (κ1) is 23.2. The lowest BCUT2D eigenvalue weighted by Crippen LogP contribution is -2.41. The third-order valence-corrected chi connectivity index (χ3v) is 7.19. The lowest BCUT2D eigenvalue weighted by molar-refractivity contribution is -0.153. The van der Waals surface area contributed by atoms with Crippen LogP contribution in [0.3, 0.4) is 0 Å². The lowest BCUT2D eigenvalue weighted by Gasteiger charge is -2.29. The Labute approximate surface area is 186 Å². The maximum absolute atomic E-state index is 12.6. The number of esters is 1. The SMILES string of the molecule is O=C(COC(=O)C1CCN(S(=O)(=O)c2cccnc2)CC1)NCCc1ccc(Cl)cc1. The highest BCUT2D eigenvalue weighted by molar-refractivity contribution is 7.89. The summed E-state index contributed by atoms with van der Waals surface area (Å²) in [5.74, 6) is -1.28. The molecular formula is C21H24ClN3O5S. The van der Waals surface area contributed by atoms with Crippen molar-refractivity contribution in [2.24, 2.45) is 5.92 Å². The van der Waals surface area contributed by atoms with E-state index in [2.05, 4.69) is 10.3 Å². The summed E-state index contributed by atoms with van der Waals surface area (Å²) in [6, 6.07) is 10.4. The van der Waals surface area contributed by atoms with E-state index in [0.29, 0.717) is 30.8 Å². The molecule has 0 radical (unpaired) electrons. The fourth-order valence-corrected chi connectivity index (χ4v) is 4.84. The minimum Gasteiger partial charge on any atom is -0.455 e. The van der Waals surface area contributed by atoms with E-state index >= 15 is 0 Å². The molecule has 1 saturated heterocycles. The predicted molar refractivity (Wildman–Crippen MR) is 115 cm³/mol. The molecule has 10 heteroatoms. The van der Waals surface area contributed by atoms with Crippen molar-refractivity contribution in [2.75, 3.05) is 26.2 Å². The summed E-state index contributed by atoms with van der Waals surface area (Å²) < 4.78 is 31.7. The number of nitrogens with one attached hydrogen (secondary N) is 1. The third-order valence-electron chi connectivity index (χ3n) is 5.05. The Balaban J connectivity index is 1.38. The van der Waals surface area contributed by atoms with Gasteiger partial charge < -0.3 is 10.1 Å². The molecule has 1 aromatic carbocycles. The number of ether oxygens (including phenoxy) is 1. The van der Waals surface area contributed by atoms with Gasteiger partial charge in [-0.2, -0.15) is 4.31 Å². The average molecular weight is 466 g/mol. The zero-order valence-electron chi connectivity index (χ0n) is 16.9. The zero-order chi connectivity index (χ0) is 22.3. The molecule has 1 aliphatic rings. The third kappa shape index (κ3) is 6.49. The summed E-state index contributed by atoms with van der Waals surface area (Å²) in [7, 11) is -3.63. The summed E-state index contributed by atoms with van der Waals surface area (Å²) in [6.07, 6.45) is 4.14. The highest BCUT2D eigenvalue weighted by Gasteiger charge is 2.33. The molecule has 1 aromatic heterocycles. The highest BCUT2D eigenvalue weighted by atomic mass is 35.5. The van der Waals surface area contributed by atoms with E-state index < -0.39 is 21.9 Å². The van der Waals surface area contributed by atoms with E-state index in [1.165, 1.54) is 22.8 Å². The predicted octanol–water partition coefficient (Wildman–Crippen LogP) is 2.04. The molecule has 166 valence electrons. The quantitative estimate of drug-likeness (QED) is 0.598. The van der Waals surface area contributed by atoms with Crippen LogP contribution in [0.1, 0.15) is 18.4 Å². The van der Waals surface area contributed by atoms with Crippen LogP contribution in [0.4, 0.5) is 0 Å². The van der Waals surface area contributed by atoms with Crippen molar-refractivity contribution in [3.05, 3.63) is 59.4 Å². The van der Waals surface area contributed by atoms with Crippen molar-refractivity contribution in [2.45, 2.75) is 24.2 Å². The van der Waals surface area contributed by atoms with Gasteiger partial charge in [0.1, 0.15) is 4.90 Å². The highest BCUT2D eigenvalue weighted by Crippen LogP contribution is 2.24. The fraction of sp³-hybridized carbons (Fsp3) is 0.381. The summed E-state index contributed by atoms with van der Waals surface area (Å²) in [5.41, 5.74) is 1.04. The standard InChI is InChI=1S/C21H24ClN3O5S/c22-18-5-3-16(4-6-18)7-11-24-20(26)15-30-21(27)17-8-12-25(13-9-17)31(28,29)19-2-1-10-23-14-19/h1-6,10,14,17H,7-9,11-13,15H2,(H,24,26). The number of pyridine rings is 1. The van der Waals surface area contributed by atoms with Crippen LogP contribution < -0.4 is 5.32 Å². The Bertz CT molecular complexity index is 991. The van der Waals surface area contributed by atoms with E-state index in [-0.39, 0.29) is 30.5 Å². The molecule has 8 nitrogen and oxygen atoms in total. The number of amides is 1. The van der Waals surface area contributed by atoms with E-state index in [1.807, 2.05) is 12.1 Å². The number of hydrogen-bond donors (Lipinski definition) is 1. The van der Waals surface area contributed by atoms with Crippen molar-refractivity contribution >= 4 is 33.5 Å². The van der Waals surface area contributed by atoms with Crippen LogP contribution in [0, 0.1) is 5.92 Å². The van der Waals surface area contributed by atoms with Gasteiger partial charge in [-0.25, -0.2) is 8.42 Å². The summed E-state index contributed by atoms with van der Waals surface area (Å²) in [4.78, 5) is 28.2. The number of rotatable bonds is 8. The van der Waals surface area contributed by atoms with Gasteiger partial charge in [-0.3, -0.25) is 14.6 Å². The fourth-order valence-electron chi connectivity index (χ4n) is 3.28. The molecule has 0 spiro atoms. The Kier molecular flexibility index (Phi) is 8.00. The normalized spacial score (nSPS) is 15.4. The second-order valence-corrected chi connectivity index (χ2v) is 9.58. The number of hydrogen-bond acceptors (Lipinski definition) is 6. The van der Waals surface area contributed by atoms with Gasteiger partial charge in [0.05, 0.1) is 5.92 Å². The number of sulfonamides is 1. The summed E-state index contributed by atoms with van der Waals surface area (Å²) in [5, 5.41) is 3.36. The van der Waals surface area contributed by atoms with E-state index in [4.69, 9.17) is 16.3 Å². The lowest BCUT2D eigenvalue weighted by atomic mass is 9.98.